The summed E-state index contributed by atoms with van der Waals surface area (Å²) in [6, 6.07) is 12.0. The molecule has 5 rings (SSSR count). The summed E-state index contributed by atoms with van der Waals surface area (Å²) in [4.78, 5) is 8.18. The fourth-order valence-electron chi connectivity index (χ4n) is 3.97. The van der Waals surface area contributed by atoms with Crippen molar-refractivity contribution < 1.29 is 8.78 Å². The Morgan fingerprint density at radius 3 is 2.70 bits per heavy atom. The van der Waals surface area contributed by atoms with Crippen LogP contribution in [0, 0.1) is 11.6 Å². The smallest absolute Gasteiger partial charge is 0.186 e. The van der Waals surface area contributed by atoms with Crippen LogP contribution in [-0.2, 0) is 6.42 Å². The second kappa shape index (κ2) is 5.84. The highest BCUT2D eigenvalue weighted by atomic mass is 19.2. The van der Waals surface area contributed by atoms with Crippen molar-refractivity contribution in [3.63, 3.8) is 0 Å². The minimum Gasteiger partial charge on any atom is -0.383 e. The first-order valence-electron chi connectivity index (χ1n) is 8.60. The summed E-state index contributed by atoms with van der Waals surface area (Å²) in [7, 11) is 0. The number of halogens is 2. The van der Waals surface area contributed by atoms with Gasteiger partial charge in [0.2, 0.25) is 0 Å². The normalized spacial score (nSPS) is 18.7. The number of rotatable bonds is 2. The van der Waals surface area contributed by atoms with E-state index in [1.165, 1.54) is 18.5 Å². The molecule has 1 aliphatic carbocycles. The molecule has 2 heterocycles. The Labute approximate surface area is 153 Å². The summed E-state index contributed by atoms with van der Waals surface area (Å²) in [6.07, 6.45) is 3.93. The average Bonchev–Trinajstić information content (AvgIpc) is 3.26. The van der Waals surface area contributed by atoms with Crippen LogP contribution in [0.3, 0.4) is 0 Å². The molecular formula is C20H15F2N5. The molecule has 2 N–H and O–H groups in total. The highest BCUT2D eigenvalue weighted by molar-refractivity contribution is 5.84. The maximum absolute atomic E-state index is 13.9. The molecule has 0 radical (unpaired) electrons. The van der Waals surface area contributed by atoms with Crippen LogP contribution in [0.15, 0.2) is 55.0 Å². The second-order valence-corrected chi connectivity index (χ2v) is 6.73. The number of hydrogen-bond donors (Lipinski definition) is 1. The molecule has 0 fully saturated rings. The molecule has 2 unspecified atom stereocenters. The lowest BCUT2D eigenvalue weighted by atomic mass is 9.90. The van der Waals surface area contributed by atoms with Crippen LogP contribution in [0.4, 0.5) is 14.6 Å². The van der Waals surface area contributed by atoms with E-state index in [1.54, 1.807) is 6.07 Å². The number of fused-ring (bicyclic) bond motifs is 2. The van der Waals surface area contributed by atoms with Crippen LogP contribution in [0.5, 0.6) is 0 Å². The maximum atomic E-state index is 13.9. The standard InChI is InChI=1S/C20H15F2N5/c21-15-6-5-12(7-16(15)22)18-13-4-2-1-3-11(13)8-17(18)27-9-14-19(23)24-10-25-20(14)26-27/h1-7,9-10,17-18H,8H2,(H2,23,24,25,26). The van der Waals surface area contributed by atoms with Crippen LogP contribution < -0.4 is 5.73 Å². The van der Waals surface area contributed by atoms with Crippen LogP contribution in [0.1, 0.15) is 28.7 Å². The van der Waals surface area contributed by atoms with Gasteiger partial charge in [-0.3, -0.25) is 4.68 Å². The Balaban J connectivity index is 1.68. The van der Waals surface area contributed by atoms with Gasteiger partial charge in [-0.05, 0) is 35.2 Å². The van der Waals surface area contributed by atoms with Gasteiger partial charge in [-0.25, -0.2) is 18.7 Å². The highest BCUT2D eigenvalue weighted by Gasteiger charge is 2.36. The number of benzene rings is 2. The Morgan fingerprint density at radius 2 is 1.89 bits per heavy atom. The van der Waals surface area contributed by atoms with Crippen molar-refractivity contribution in [3.05, 3.63) is 83.3 Å². The summed E-state index contributed by atoms with van der Waals surface area (Å²) in [5.41, 5.74) is 9.42. The fraction of sp³-hybridized carbons (Fsp3) is 0.150. The molecule has 5 nitrogen and oxygen atoms in total. The summed E-state index contributed by atoms with van der Waals surface area (Å²) in [5, 5.41) is 5.25. The molecule has 0 aliphatic heterocycles. The lowest BCUT2D eigenvalue weighted by Gasteiger charge is -2.21. The molecule has 2 aromatic heterocycles. The first-order valence-corrected chi connectivity index (χ1v) is 8.60. The van der Waals surface area contributed by atoms with Crippen molar-refractivity contribution >= 4 is 16.9 Å². The van der Waals surface area contributed by atoms with E-state index in [1.807, 2.05) is 29.1 Å². The van der Waals surface area contributed by atoms with Gasteiger partial charge in [0.05, 0.1) is 11.4 Å². The van der Waals surface area contributed by atoms with Crippen molar-refractivity contribution in [1.29, 1.82) is 0 Å². The molecule has 1 aliphatic rings. The number of nitrogens with zero attached hydrogens (tertiary/aromatic N) is 4. The largest absolute Gasteiger partial charge is 0.383 e. The zero-order chi connectivity index (χ0) is 18.5. The third-order valence-electron chi connectivity index (χ3n) is 5.21. The first kappa shape index (κ1) is 15.9. The van der Waals surface area contributed by atoms with Crippen LogP contribution >= 0.6 is 0 Å². The first-order chi connectivity index (χ1) is 13.1. The lowest BCUT2D eigenvalue weighted by molar-refractivity contribution is 0.435. The molecule has 7 heteroatoms. The van der Waals surface area contributed by atoms with Crippen LogP contribution in [0.2, 0.25) is 0 Å². The van der Waals surface area contributed by atoms with E-state index in [0.29, 0.717) is 22.4 Å². The fourth-order valence-corrected chi connectivity index (χ4v) is 3.97. The van der Waals surface area contributed by atoms with E-state index in [-0.39, 0.29) is 12.0 Å². The van der Waals surface area contributed by atoms with E-state index >= 15 is 0 Å². The van der Waals surface area contributed by atoms with Gasteiger partial charge < -0.3 is 5.73 Å². The van der Waals surface area contributed by atoms with Crippen LogP contribution in [0.25, 0.3) is 11.0 Å². The minimum atomic E-state index is -0.852. The predicted octanol–water partition coefficient (Wildman–Crippen LogP) is 3.62. The van der Waals surface area contributed by atoms with Gasteiger partial charge in [-0.2, -0.15) is 5.10 Å². The van der Waals surface area contributed by atoms with Gasteiger partial charge in [0.25, 0.3) is 0 Å². The van der Waals surface area contributed by atoms with Crippen molar-refractivity contribution in [1.82, 2.24) is 19.7 Å². The highest BCUT2D eigenvalue weighted by Crippen LogP contribution is 2.45. The Kier molecular flexibility index (Phi) is 3.43. The second-order valence-electron chi connectivity index (χ2n) is 6.73. The van der Waals surface area contributed by atoms with Gasteiger partial charge in [-0.15, -0.1) is 0 Å². The van der Waals surface area contributed by atoms with E-state index in [9.17, 15) is 8.78 Å². The molecule has 27 heavy (non-hydrogen) atoms. The minimum absolute atomic E-state index is 0.0964. The number of aromatic nitrogens is 4. The monoisotopic (exact) mass is 363 g/mol. The van der Waals surface area contributed by atoms with E-state index < -0.39 is 11.6 Å². The molecule has 0 bridgehead atoms. The van der Waals surface area contributed by atoms with Crippen molar-refractivity contribution in [2.24, 2.45) is 0 Å². The quantitative estimate of drug-likeness (QED) is 0.591. The molecule has 2 aromatic carbocycles. The SMILES string of the molecule is Nc1ncnc2nn(C3Cc4ccccc4C3c3ccc(F)c(F)c3)cc12. The van der Waals surface area contributed by atoms with E-state index in [0.717, 1.165) is 17.5 Å². The third kappa shape index (κ3) is 2.46. The Morgan fingerprint density at radius 1 is 1.04 bits per heavy atom. The van der Waals surface area contributed by atoms with E-state index in [4.69, 9.17) is 5.73 Å². The predicted molar refractivity (Wildman–Crippen MR) is 97.1 cm³/mol. The van der Waals surface area contributed by atoms with Gasteiger partial charge in [0, 0.05) is 12.1 Å². The Hall–Kier alpha value is -3.35. The maximum Gasteiger partial charge on any atom is 0.186 e. The summed E-state index contributed by atoms with van der Waals surface area (Å²) in [6.45, 7) is 0. The summed E-state index contributed by atoms with van der Waals surface area (Å²) >= 11 is 0. The molecular weight excluding hydrogens is 348 g/mol. The molecule has 4 aromatic rings. The molecule has 0 amide bonds. The zero-order valence-corrected chi connectivity index (χ0v) is 14.2. The van der Waals surface area contributed by atoms with Crippen molar-refractivity contribution in [2.75, 3.05) is 5.73 Å². The number of nitrogens with two attached hydrogens (primary N) is 1. The molecule has 0 spiro atoms. The summed E-state index contributed by atoms with van der Waals surface area (Å²) in [5.74, 6) is -1.49. The Bertz CT molecular complexity index is 1170. The van der Waals surface area contributed by atoms with Crippen LogP contribution in [-0.4, -0.2) is 19.7 Å². The summed E-state index contributed by atoms with van der Waals surface area (Å²) < 4.78 is 29.2. The van der Waals surface area contributed by atoms with Gasteiger partial charge >= 0.3 is 0 Å². The molecule has 0 saturated carbocycles. The van der Waals surface area contributed by atoms with Gasteiger partial charge in [0.1, 0.15) is 12.1 Å². The van der Waals surface area contributed by atoms with Gasteiger partial charge in [-0.1, -0.05) is 30.3 Å². The number of hydrogen-bond acceptors (Lipinski definition) is 4. The van der Waals surface area contributed by atoms with Gasteiger partial charge in [0.15, 0.2) is 17.3 Å². The van der Waals surface area contributed by atoms with Crippen molar-refractivity contribution in [2.45, 2.75) is 18.4 Å². The zero-order valence-electron chi connectivity index (χ0n) is 14.2. The van der Waals surface area contributed by atoms with E-state index in [2.05, 4.69) is 21.1 Å². The topological polar surface area (TPSA) is 69.6 Å². The third-order valence-corrected chi connectivity index (χ3v) is 5.21. The van der Waals surface area contributed by atoms with Crippen molar-refractivity contribution in [3.8, 4) is 0 Å². The molecule has 0 saturated heterocycles. The number of nitrogen functional groups attached to an aromatic ring is 1. The molecule has 134 valence electrons. The average molecular weight is 363 g/mol. The lowest BCUT2D eigenvalue weighted by Crippen LogP contribution is -2.16. The molecule has 2 atom stereocenters. The number of anilines is 1.